The molecule has 0 saturated carbocycles. The zero-order chi connectivity index (χ0) is 28.7. The molecule has 0 aromatic heterocycles. The van der Waals surface area contributed by atoms with E-state index in [1.165, 1.54) is 25.1 Å². The van der Waals surface area contributed by atoms with Gasteiger partial charge in [-0.25, -0.2) is 8.78 Å². The van der Waals surface area contributed by atoms with Gasteiger partial charge in [0.15, 0.2) is 6.10 Å². The van der Waals surface area contributed by atoms with Crippen LogP contribution in [0.5, 0.6) is 5.75 Å². The minimum atomic E-state index is -3.31. The molecule has 2 aromatic carbocycles. The number of aliphatic hydroxyl groups is 1. The molecule has 3 atom stereocenters. The highest BCUT2D eigenvalue weighted by Crippen LogP contribution is 2.33. The van der Waals surface area contributed by atoms with Crippen LogP contribution in [0.2, 0.25) is 0 Å². The van der Waals surface area contributed by atoms with E-state index in [2.05, 4.69) is 10.6 Å². The van der Waals surface area contributed by atoms with Crippen molar-refractivity contribution in [1.29, 1.82) is 0 Å². The zero-order valence-electron chi connectivity index (χ0n) is 22.1. The second-order valence-electron chi connectivity index (χ2n) is 9.57. The van der Waals surface area contributed by atoms with Crippen molar-refractivity contribution in [2.75, 3.05) is 13.1 Å². The van der Waals surface area contributed by atoms with Gasteiger partial charge in [0.2, 0.25) is 5.91 Å². The first kappa shape index (κ1) is 29.7. The molecule has 0 aliphatic carbocycles. The summed E-state index contributed by atoms with van der Waals surface area (Å²) in [4.78, 5) is 51.3. The number of carbonyl (C=O) groups is 4. The molecule has 1 fully saturated rings. The summed E-state index contributed by atoms with van der Waals surface area (Å²) in [6.45, 7) is 3.83. The second kappa shape index (κ2) is 12.8. The van der Waals surface area contributed by atoms with E-state index >= 15 is 0 Å². The highest BCUT2D eigenvalue weighted by Gasteiger charge is 2.51. The lowest BCUT2D eigenvalue weighted by atomic mass is 9.98. The number of alkyl halides is 2. The average Bonchev–Trinajstić information content (AvgIpc) is 3.22. The Balaban J connectivity index is 1.89. The molecule has 3 amide bonds. The standard InChI is InChI=1S/C28H33F2N3O6/c1-4-13-31-26(37)22-15-28(29,30)16-33(22)27(38)24(35)21(14-19-9-6-5-7-10-19)32-25(36)20-11-8-12-23(17(20)2)39-18(3)34/h5-12,21-22,24,35H,4,13-16H2,1-3H3,(H,31,37)(H,32,36)/t21?,22?,24-/m0/s1. The minimum absolute atomic E-state index is 0.000891. The molecule has 0 bridgehead atoms. The lowest BCUT2D eigenvalue weighted by Gasteiger charge is -2.30. The van der Waals surface area contributed by atoms with Gasteiger partial charge in [0.25, 0.3) is 17.7 Å². The third-order valence-electron chi connectivity index (χ3n) is 6.44. The predicted molar refractivity (Wildman–Crippen MR) is 138 cm³/mol. The van der Waals surface area contributed by atoms with E-state index < -0.39 is 60.8 Å². The quantitative estimate of drug-likeness (QED) is 0.311. The maximum absolute atomic E-state index is 14.3. The average molecular weight is 546 g/mol. The van der Waals surface area contributed by atoms with Gasteiger partial charge in [0.1, 0.15) is 11.8 Å². The summed E-state index contributed by atoms with van der Waals surface area (Å²) < 4.78 is 33.8. The second-order valence-corrected chi connectivity index (χ2v) is 9.57. The molecule has 1 heterocycles. The van der Waals surface area contributed by atoms with Crippen LogP contribution in [0.4, 0.5) is 8.78 Å². The zero-order valence-corrected chi connectivity index (χ0v) is 22.1. The first-order valence-corrected chi connectivity index (χ1v) is 12.7. The smallest absolute Gasteiger partial charge is 0.308 e. The summed E-state index contributed by atoms with van der Waals surface area (Å²) >= 11 is 0. The first-order chi connectivity index (χ1) is 18.4. The van der Waals surface area contributed by atoms with Gasteiger partial charge in [-0.1, -0.05) is 43.3 Å². The molecule has 0 radical (unpaired) electrons. The van der Waals surface area contributed by atoms with E-state index in [0.717, 1.165) is 0 Å². The third kappa shape index (κ3) is 7.60. The van der Waals surface area contributed by atoms with Crippen LogP contribution < -0.4 is 15.4 Å². The van der Waals surface area contributed by atoms with Crippen molar-refractivity contribution >= 4 is 23.7 Å². The number of esters is 1. The Morgan fingerprint density at radius 1 is 1.13 bits per heavy atom. The lowest BCUT2D eigenvalue weighted by molar-refractivity contribution is -0.147. The van der Waals surface area contributed by atoms with Crippen LogP contribution in [0, 0.1) is 6.92 Å². The highest BCUT2D eigenvalue weighted by atomic mass is 19.3. The number of likely N-dealkylation sites (tertiary alicyclic amines) is 1. The van der Waals surface area contributed by atoms with Crippen LogP contribution in [0.1, 0.15) is 48.2 Å². The van der Waals surface area contributed by atoms with E-state index in [4.69, 9.17) is 4.74 Å². The molecule has 1 aliphatic rings. The van der Waals surface area contributed by atoms with Gasteiger partial charge < -0.3 is 25.4 Å². The van der Waals surface area contributed by atoms with E-state index in [9.17, 15) is 33.1 Å². The topological polar surface area (TPSA) is 125 Å². The van der Waals surface area contributed by atoms with E-state index in [1.54, 1.807) is 44.2 Å². The van der Waals surface area contributed by atoms with Crippen molar-refractivity contribution < 1.29 is 37.8 Å². The number of halogens is 2. The van der Waals surface area contributed by atoms with Crippen LogP contribution in [-0.2, 0) is 20.8 Å². The third-order valence-corrected chi connectivity index (χ3v) is 6.44. The summed E-state index contributed by atoms with van der Waals surface area (Å²) in [6.07, 6.45) is -2.21. The Kier molecular flexibility index (Phi) is 9.74. The van der Waals surface area contributed by atoms with Crippen molar-refractivity contribution in [2.45, 2.75) is 64.1 Å². The number of hydrogen-bond donors (Lipinski definition) is 3. The molecule has 1 aliphatic heterocycles. The highest BCUT2D eigenvalue weighted by molar-refractivity contribution is 5.97. The fourth-order valence-electron chi connectivity index (χ4n) is 4.47. The minimum Gasteiger partial charge on any atom is -0.426 e. The molecule has 2 aromatic rings. The Bertz CT molecular complexity index is 1210. The van der Waals surface area contributed by atoms with Crippen LogP contribution >= 0.6 is 0 Å². The number of benzene rings is 2. The molecule has 11 heteroatoms. The van der Waals surface area contributed by atoms with Crippen LogP contribution in [0.3, 0.4) is 0 Å². The monoisotopic (exact) mass is 545 g/mol. The summed E-state index contributed by atoms with van der Waals surface area (Å²) in [5.74, 6) is -6.19. The number of nitrogens with zero attached hydrogens (tertiary/aromatic N) is 1. The van der Waals surface area contributed by atoms with Gasteiger partial charge in [0, 0.05) is 31.0 Å². The lowest BCUT2D eigenvalue weighted by Crippen LogP contribution is -2.56. The maximum Gasteiger partial charge on any atom is 0.308 e. The summed E-state index contributed by atoms with van der Waals surface area (Å²) in [5, 5.41) is 16.3. The Morgan fingerprint density at radius 3 is 2.46 bits per heavy atom. The van der Waals surface area contributed by atoms with Gasteiger partial charge in [-0.15, -0.1) is 0 Å². The number of carbonyl (C=O) groups excluding carboxylic acids is 4. The van der Waals surface area contributed by atoms with Crippen LogP contribution in [-0.4, -0.2) is 70.9 Å². The number of amides is 3. The molecule has 2 unspecified atom stereocenters. The van der Waals surface area contributed by atoms with Gasteiger partial charge >= 0.3 is 5.97 Å². The number of aliphatic hydroxyl groups excluding tert-OH is 1. The maximum atomic E-state index is 14.3. The number of rotatable bonds is 10. The van der Waals surface area contributed by atoms with Gasteiger partial charge in [-0.2, -0.15) is 0 Å². The summed E-state index contributed by atoms with van der Waals surface area (Å²) in [7, 11) is 0. The summed E-state index contributed by atoms with van der Waals surface area (Å²) in [6, 6.07) is 10.6. The van der Waals surface area contributed by atoms with Crippen molar-refractivity contribution in [1.82, 2.24) is 15.5 Å². The molecule has 210 valence electrons. The molecular weight excluding hydrogens is 512 g/mol. The van der Waals surface area contributed by atoms with E-state index in [0.29, 0.717) is 22.4 Å². The molecule has 3 rings (SSSR count). The van der Waals surface area contributed by atoms with Crippen molar-refractivity contribution in [3.8, 4) is 5.75 Å². The fourth-order valence-corrected chi connectivity index (χ4v) is 4.47. The van der Waals surface area contributed by atoms with E-state index in [-0.39, 0.29) is 24.3 Å². The molecule has 39 heavy (non-hydrogen) atoms. The fraction of sp³-hybridized carbons (Fsp3) is 0.429. The Labute approximate surface area is 225 Å². The van der Waals surface area contributed by atoms with Crippen molar-refractivity contribution in [2.24, 2.45) is 0 Å². The summed E-state index contributed by atoms with van der Waals surface area (Å²) in [5.41, 5.74) is 1.16. The number of ether oxygens (including phenoxy) is 1. The SMILES string of the molecule is CCCNC(=O)C1CC(F)(F)CN1C(=O)[C@@H](O)C(Cc1ccccc1)NC(=O)c1cccc(OC(C)=O)c1C. The van der Waals surface area contributed by atoms with Crippen LogP contribution in [0.25, 0.3) is 0 Å². The normalized spacial score (nSPS) is 17.7. The molecule has 0 spiro atoms. The predicted octanol–water partition coefficient (Wildman–Crippen LogP) is 2.38. The molecular formula is C28H33F2N3O6. The molecule has 9 nitrogen and oxygen atoms in total. The van der Waals surface area contributed by atoms with Crippen molar-refractivity contribution in [3.63, 3.8) is 0 Å². The Hall–Kier alpha value is -3.86. The number of hydrogen-bond acceptors (Lipinski definition) is 6. The van der Waals surface area contributed by atoms with Gasteiger partial charge in [-0.05, 0) is 37.5 Å². The van der Waals surface area contributed by atoms with Crippen LogP contribution in [0.15, 0.2) is 48.5 Å². The molecule has 1 saturated heterocycles. The Morgan fingerprint density at radius 2 is 1.82 bits per heavy atom. The van der Waals surface area contributed by atoms with Gasteiger partial charge in [-0.3, -0.25) is 19.2 Å². The van der Waals surface area contributed by atoms with Gasteiger partial charge in [0.05, 0.1) is 12.6 Å². The number of nitrogens with one attached hydrogen (secondary N) is 2. The first-order valence-electron chi connectivity index (χ1n) is 12.7. The van der Waals surface area contributed by atoms with Crippen molar-refractivity contribution in [3.05, 3.63) is 65.2 Å². The molecule has 3 N–H and O–H groups in total. The van der Waals surface area contributed by atoms with E-state index in [1.807, 2.05) is 0 Å². The largest absolute Gasteiger partial charge is 0.426 e.